The van der Waals surface area contributed by atoms with Crippen LogP contribution < -0.4 is 0 Å². The summed E-state index contributed by atoms with van der Waals surface area (Å²) in [5, 5.41) is 0. The fourth-order valence-electron chi connectivity index (χ4n) is 1.67. The van der Waals surface area contributed by atoms with Gasteiger partial charge in [0.2, 0.25) is 0 Å². The Hall–Kier alpha value is -1.38. The molecular formula is C12H16O3. The summed E-state index contributed by atoms with van der Waals surface area (Å²) in [6.45, 7) is 5.78. The van der Waals surface area contributed by atoms with Crippen LogP contribution in [0.4, 0.5) is 0 Å². The van der Waals surface area contributed by atoms with Gasteiger partial charge in [0.25, 0.3) is 0 Å². The first-order valence-corrected chi connectivity index (χ1v) is 5.09. The number of hydrogen-bond acceptors (Lipinski definition) is 3. The van der Waals surface area contributed by atoms with Gasteiger partial charge in [-0.2, -0.15) is 0 Å². The highest BCUT2D eigenvalue weighted by Gasteiger charge is 2.45. The number of carbonyl (C=O) groups is 2. The minimum atomic E-state index is -0.855. The van der Waals surface area contributed by atoms with E-state index in [1.165, 1.54) is 0 Å². The van der Waals surface area contributed by atoms with Crippen LogP contribution in [0.2, 0.25) is 0 Å². The standard InChI is InChI=1S/C12H16O3/c1-4-5-6-12(7-9(2)3)8-10(13)15-11(12)14/h5-7H,4,8H2,1-3H3. The number of allylic oxidation sites excluding steroid dienone is 2. The molecule has 1 fully saturated rings. The van der Waals surface area contributed by atoms with Crippen LogP contribution in [0, 0.1) is 5.41 Å². The predicted molar refractivity (Wildman–Crippen MR) is 57.0 cm³/mol. The molecular weight excluding hydrogens is 192 g/mol. The Morgan fingerprint density at radius 1 is 1.47 bits per heavy atom. The van der Waals surface area contributed by atoms with Crippen molar-refractivity contribution >= 4 is 11.9 Å². The van der Waals surface area contributed by atoms with Crippen LogP contribution in [0.15, 0.2) is 23.8 Å². The van der Waals surface area contributed by atoms with Crippen molar-refractivity contribution in [3.8, 4) is 0 Å². The summed E-state index contributed by atoms with van der Waals surface area (Å²) in [7, 11) is 0. The zero-order valence-electron chi connectivity index (χ0n) is 9.37. The van der Waals surface area contributed by atoms with Gasteiger partial charge in [0, 0.05) is 0 Å². The van der Waals surface area contributed by atoms with Crippen LogP contribution in [0.1, 0.15) is 33.6 Å². The maximum absolute atomic E-state index is 11.6. The third-order valence-electron chi connectivity index (χ3n) is 2.22. The van der Waals surface area contributed by atoms with Crippen LogP contribution in [0.5, 0.6) is 0 Å². The molecule has 0 saturated carbocycles. The molecule has 0 N–H and O–H groups in total. The van der Waals surface area contributed by atoms with Crippen molar-refractivity contribution in [3.63, 3.8) is 0 Å². The molecule has 0 aliphatic carbocycles. The highest BCUT2D eigenvalue weighted by molar-refractivity contribution is 6.00. The molecule has 0 radical (unpaired) electrons. The van der Waals surface area contributed by atoms with Crippen molar-refractivity contribution in [2.24, 2.45) is 5.41 Å². The minimum absolute atomic E-state index is 0.119. The van der Waals surface area contributed by atoms with Gasteiger partial charge in [-0.1, -0.05) is 30.7 Å². The first kappa shape index (κ1) is 11.7. The monoisotopic (exact) mass is 208 g/mol. The topological polar surface area (TPSA) is 43.4 Å². The zero-order chi connectivity index (χ0) is 11.5. The van der Waals surface area contributed by atoms with Crippen LogP contribution in [0.3, 0.4) is 0 Å². The Labute approximate surface area is 89.8 Å². The largest absolute Gasteiger partial charge is 0.392 e. The quantitative estimate of drug-likeness (QED) is 0.406. The van der Waals surface area contributed by atoms with E-state index in [0.717, 1.165) is 12.0 Å². The molecule has 0 spiro atoms. The van der Waals surface area contributed by atoms with E-state index in [9.17, 15) is 9.59 Å². The number of cyclic esters (lactones) is 2. The number of hydrogen-bond donors (Lipinski definition) is 0. The molecule has 1 unspecified atom stereocenters. The molecule has 0 aromatic rings. The predicted octanol–water partition coefficient (Wildman–Crippen LogP) is 2.38. The molecule has 1 heterocycles. The number of ether oxygens (including phenoxy) is 1. The van der Waals surface area contributed by atoms with Crippen LogP contribution in [-0.4, -0.2) is 11.9 Å². The lowest BCUT2D eigenvalue weighted by Crippen LogP contribution is -2.21. The highest BCUT2D eigenvalue weighted by atomic mass is 16.6. The normalized spacial score (nSPS) is 25.8. The van der Waals surface area contributed by atoms with Crippen molar-refractivity contribution in [1.29, 1.82) is 0 Å². The Morgan fingerprint density at radius 2 is 2.13 bits per heavy atom. The van der Waals surface area contributed by atoms with Gasteiger partial charge in [-0.3, -0.25) is 9.59 Å². The number of rotatable bonds is 3. The fraction of sp³-hybridized carbons (Fsp3) is 0.500. The van der Waals surface area contributed by atoms with Crippen molar-refractivity contribution in [2.45, 2.75) is 33.6 Å². The van der Waals surface area contributed by atoms with Gasteiger partial charge >= 0.3 is 11.9 Å². The first-order valence-electron chi connectivity index (χ1n) is 5.09. The summed E-state index contributed by atoms with van der Waals surface area (Å²) in [6, 6.07) is 0. The molecule has 1 rings (SSSR count). The van der Waals surface area contributed by atoms with Crippen molar-refractivity contribution in [3.05, 3.63) is 23.8 Å². The fourth-order valence-corrected chi connectivity index (χ4v) is 1.67. The lowest BCUT2D eigenvalue weighted by molar-refractivity contribution is -0.153. The van der Waals surface area contributed by atoms with E-state index in [1.807, 2.05) is 26.8 Å². The Kier molecular flexibility index (Phi) is 3.45. The van der Waals surface area contributed by atoms with Gasteiger partial charge in [0.1, 0.15) is 5.41 Å². The third-order valence-corrected chi connectivity index (χ3v) is 2.22. The van der Waals surface area contributed by atoms with E-state index in [0.29, 0.717) is 0 Å². The van der Waals surface area contributed by atoms with Crippen LogP contribution in [-0.2, 0) is 14.3 Å². The third kappa shape index (κ3) is 2.55. The van der Waals surface area contributed by atoms with Gasteiger partial charge < -0.3 is 4.74 Å². The van der Waals surface area contributed by atoms with Gasteiger partial charge in [0.15, 0.2) is 0 Å². The van der Waals surface area contributed by atoms with E-state index in [2.05, 4.69) is 4.74 Å². The first-order chi connectivity index (χ1) is 7.00. The SMILES string of the molecule is CCC=CC1(C=C(C)C)CC(=O)OC1=O. The lowest BCUT2D eigenvalue weighted by atomic mass is 9.84. The molecule has 1 atom stereocenters. The van der Waals surface area contributed by atoms with E-state index in [4.69, 9.17) is 0 Å². The summed E-state index contributed by atoms with van der Waals surface area (Å²) in [6.07, 6.45) is 6.41. The number of esters is 2. The zero-order valence-corrected chi connectivity index (χ0v) is 9.37. The summed E-state index contributed by atoms with van der Waals surface area (Å²) in [5.74, 6) is -0.906. The van der Waals surface area contributed by atoms with Crippen LogP contribution >= 0.6 is 0 Å². The molecule has 0 aromatic carbocycles. The lowest BCUT2D eigenvalue weighted by Gasteiger charge is -2.14. The number of carbonyl (C=O) groups excluding carboxylic acids is 2. The maximum atomic E-state index is 11.6. The molecule has 1 aliphatic rings. The van der Waals surface area contributed by atoms with Crippen molar-refractivity contribution in [2.75, 3.05) is 0 Å². The average molecular weight is 208 g/mol. The smallest absolute Gasteiger partial charge is 0.328 e. The molecule has 15 heavy (non-hydrogen) atoms. The Bertz CT molecular complexity index is 335. The van der Waals surface area contributed by atoms with Crippen molar-refractivity contribution < 1.29 is 14.3 Å². The summed E-state index contributed by atoms with van der Waals surface area (Å²) >= 11 is 0. The molecule has 0 amide bonds. The molecule has 82 valence electrons. The van der Waals surface area contributed by atoms with Gasteiger partial charge in [-0.15, -0.1) is 0 Å². The molecule has 0 aromatic heterocycles. The van der Waals surface area contributed by atoms with Crippen LogP contribution in [0.25, 0.3) is 0 Å². The Morgan fingerprint density at radius 3 is 2.53 bits per heavy atom. The van der Waals surface area contributed by atoms with Gasteiger partial charge in [-0.05, 0) is 20.3 Å². The highest BCUT2D eigenvalue weighted by Crippen LogP contribution is 2.35. The Balaban J connectivity index is 3.07. The molecule has 0 bridgehead atoms. The van der Waals surface area contributed by atoms with Crippen molar-refractivity contribution in [1.82, 2.24) is 0 Å². The second kappa shape index (κ2) is 4.43. The van der Waals surface area contributed by atoms with E-state index in [1.54, 1.807) is 12.2 Å². The van der Waals surface area contributed by atoms with E-state index < -0.39 is 17.4 Å². The van der Waals surface area contributed by atoms with E-state index in [-0.39, 0.29) is 6.42 Å². The molecule has 1 saturated heterocycles. The van der Waals surface area contributed by atoms with Gasteiger partial charge in [-0.25, -0.2) is 0 Å². The van der Waals surface area contributed by atoms with Gasteiger partial charge in [0.05, 0.1) is 6.42 Å². The summed E-state index contributed by atoms with van der Waals surface area (Å²) in [5.41, 5.74) is 0.147. The van der Waals surface area contributed by atoms with E-state index >= 15 is 0 Å². The average Bonchev–Trinajstić information content (AvgIpc) is 2.37. The molecule has 1 aliphatic heterocycles. The second-order valence-electron chi connectivity index (χ2n) is 4.01. The molecule has 3 nitrogen and oxygen atoms in total. The summed E-state index contributed by atoms with van der Waals surface area (Å²) < 4.78 is 4.60. The minimum Gasteiger partial charge on any atom is -0.392 e. The second-order valence-corrected chi connectivity index (χ2v) is 4.01. The summed E-state index contributed by atoms with van der Waals surface area (Å²) in [4.78, 5) is 22.7. The molecule has 3 heteroatoms. The maximum Gasteiger partial charge on any atom is 0.328 e.